The zero-order valence-electron chi connectivity index (χ0n) is 16.2. The maximum Gasteiger partial charge on any atom is 0.261 e. The Labute approximate surface area is 171 Å². The zero-order chi connectivity index (χ0) is 22.1. The molecular weight excluding hydrogens is 418 g/mol. The van der Waals surface area contributed by atoms with Gasteiger partial charge in [-0.15, -0.1) is 0 Å². The molecule has 3 aromatic rings. The van der Waals surface area contributed by atoms with Gasteiger partial charge in [0.25, 0.3) is 15.9 Å². The molecule has 11 heteroatoms. The number of nitrogens with zero attached hydrogens (tertiary/aromatic N) is 2. The number of aromatic nitrogens is 2. The number of sulfonamides is 1. The van der Waals surface area contributed by atoms with Crippen LogP contribution in [-0.2, 0) is 15.6 Å². The first kappa shape index (κ1) is 21.4. The second kappa shape index (κ2) is 7.82. The van der Waals surface area contributed by atoms with Crippen molar-refractivity contribution < 1.29 is 26.5 Å². The smallest absolute Gasteiger partial charge is 0.261 e. The lowest BCUT2D eigenvalue weighted by molar-refractivity contribution is 0.0907. The van der Waals surface area contributed by atoms with Crippen LogP contribution in [0.5, 0.6) is 0 Å². The van der Waals surface area contributed by atoms with Crippen LogP contribution in [0.2, 0.25) is 0 Å². The third-order valence-corrected chi connectivity index (χ3v) is 5.49. The molecule has 0 saturated heterocycles. The van der Waals surface area contributed by atoms with Gasteiger partial charge in [-0.05, 0) is 56.3 Å². The normalized spacial score (nSPS) is 11.9. The van der Waals surface area contributed by atoms with Crippen LogP contribution in [0, 0.1) is 18.6 Å². The van der Waals surface area contributed by atoms with Crippen LogP contribution in [0.3, 0.4) is 0 Å². The quantitative estimate of drug-likeness (QED) is 0.614. The van der Waals surface area contributed by atoms with E-state index in [1.807, 2.05) is 0 Å². The van der Waals surface area contributed by atoms with Crippen molar-refractivity contribution in [3.8, 4) is 0 Å². The molecule has 0 saturated carbocycles. The van der Waals surface area contributed by atoms with Gasteiger partial charge in [0.15, 0.2) is 17.5 Å². The summed E-state index contributed by atoms with van der Waals surface area (Å²) >= 11 is 0. The molecule has 0 fully saturated rings. The number of nitrogens with one attached hydrogen (secondary N) is 2. The largest absolute Gasteiger partial charge is 0.340 e. The number of aryl methyl sites for hydroxylation is 1. The minimum atomic E-state index is -4.13. The summed E-state index contributed by atoms with van der Waals surface area (Å²) < 4.78 is 58.2. The zero-order valence-corrected chi connectivity index (χ0v) is 17.0. The molecule has 1 amide bonds. The van der Waals surface area contributed by atoms with Gasteiger partial charge in [-0.1, -0.05) is 5.16 Å². The van der Waals surface area contributed by atoms with Crippen LogP contribution >= 0.6 is 0 Å². The van der Waals surface area contributed by atoms with Crippen molar-refractivity contribution in [2.24, 2.45) is 0 Å². The fraction of sp³-hybridized carbons (Fsp3) is 0.211. The van der Waals surface area contributed by atoms with E-state index in [1.54, 1.807) is 20.8 Å². The molecule has 0 unspecified atom stereocenters. The lowest BCUT2D eigenvalue weighted by Gasteiger charge is -2.22. The molecule has 0 radical (unpaired) electrons. The fourth-order valence-corrected chi connectivity index (χ4v) is 3.58. The Morgan fingerprint density at radius 3 is 2.30 bits per heavy atom. The van der Waals surface area contributed by atoms with Gasteiger partial charge in [0.05, 0.1) is 10.4 Å². The number of rotatable bonds is 6. The maximum absolute atomic E-state index is 13.3. The van der Waals surface area contributed by atoms with Crippen molar-refractivity contribution in [3.63, 3.8) is 0 Å². The van der Waals surface area contributed by atoms with Gasteiger partial charge in [-0.2, -0.15) is 4.98 Å². The molecule has 2 aromatic carbocycles. The summed E-state index contributed by atoms with van der Waals surface area (Å²) in [5, 5.41) is 6.57. The average molecular weight is 436 g/mol. The monoisotopic (exact) mass is 436 g/mol. The average Bonchev–Trinajstić information content (AvgIpc) is 3.11. The number of amides is 1. The second-order valence-electron chi connectivity index (χ2n) is 6.97. The highest BCUT2D eigenvalue weighted by atomic mass is 32.2. The third kappa shape index (κ3) is 4.62. The Balaban J connectivity index is 1.72. The van der Waals surface area contributed by atoms with E-state index in [0.717, 1.165) is 12.1 Å². The van der Waals surface area contributed by atoms with Crippen molar-refractivity contribution in [2.45, 2.75) is 31.2 Å². The molecule has 0 spiro atoms. The summed E-state index contributed by atoms with van der Waals surface area (Å²) in [4.78, 5) is 16.2. The van der Waals surface area contributed by atoms with E-state index in [2.05, 4.69) is 20.2 Å². The first-order chi connectivity index (χ1) is 14.0. The Bertz CT molecular complexity index is 1190. The molecule has 0 aliphatic carbocycles. The lowest BCUT2D eigenvalue weighted by atomic mass is 10.0. The van der Waals surface area contributed by atoms with Crippen LogP contribution in [0.4, 0.5) is 14.5 Å². The molecule has 8 nitrogen and oxygen atoms in total. The Morgan fingerprint density at radius 2 is 1.73 bits per heavy atom. The van der Waals surface area contributed by atoms with Crippen LogP contribution in [0.1, 0.15) is 35.9 Å². The predicted octanol–water partition coefficient (Wildman–Crippen LogP) is 3.12. The van der Waals surface area contributed by atoms with Crippen LogP contribution in [0.15, 0.2) is 51.9 Å². The van der Waals surface area contributed by atoms with Crippen molar-refractivity contribution in [1.29, 1.82) is 0 Å². The molecule has 3 rings (SSSR count). The number of carbonyl (C=O) groups is 1. The van der Waals surface area contributed by atoms with E-state index in [0.29, 0.717) is 17.8 Å². The second-order valence-corrected chi connectivity index (χ2v) is 8.66. The van der Waals surface area contributed by atoms with Crippen LogP contribution < -0.4 is 10.0 Å². The number of hydrogen-bond acceptors (Lipinski definition) is 6. The van der Waals surface area contributed by atoms with Crippen molar-refractivity contribution >= 4 is 21.6 Å². The van der Waals surface area contributed by atoms with E-state index in [4.69, 9.17) is 4.52 Å². The van der Waals surface area contributed by atoms with Crippen molar-refractivity contribution in [2.75, 3.05) is 4.72 Å². The summed E-state index contributed by atoms with van der Waals surface area (Å²) in [7, 11) is -4.13. The maximum atomic E-state index is 13.3. The summed E-state index contributed by atoms with van der Waals surface area (Å²) in [6.07, 6.45) is 0. The molecule has 2 N–H and O–H groups in total. The minimum absolute atomic E-state index is 0.143. The number of halogens is 2. The van der Waals surface area contributed by atoms with Gasteiger partial charge < -0.3 is 9.84 Å². The highest BCUT2D eigenvalue weighted by Crippen LogP contribution is 2.20. The standard InChI is InChI=1S/C19H18F2N4O4S/c1-11-22-18(24-29-11)19(2,3)23-17(26)12-4-6-13(7-5-12)25-30(27,28)14-8-9-15(20)16(21)10-14/h4-10,25H,1-3H3,(H,23,26). The van der Waals surface area contributed by atoms with Gasteiger partial charge in [-0.3, -0.25) is 9.52 Å². The van der Waals surface area contributed by atoms with E-state index in [-0.39, 0.29) is 11.3 Å². The first-order valence-electron chi connectivity index (χ1n) is 8.69. The van der Waals surface area contributed by atoms with Gasteiger partial charge in [0.2, 0.25) is 5.89 Å². The van der Waals surface area contributed by atoms with Crippen LogP contribution in [0.25, 0.3) is 0 Å². The molecule has 1 aromatic heterocycles. The topological polar surface area (TPSA) is 114 Å². The first-order valence-corrected chi connectivity index (χ1v) is 10.2. The van der Waals surface area contributed by atoms with E-state index >= 15 is 0 Å². The summed E-state index contributed by atoms with van der Waals surface area (Å²) in [6, 6.07) is 7.83. The predicted molar refractivity (Wildman–Crippen MR) is 103 cm³/mol. The van der Waals surface area contributed by atoms with E-state index < -0.39 is 38.0 Å². The Hall–Kier alpha value is -3.34. The number of hydrogen-bond donors (Lipinski definition) is 2. The highest BCUT2D eigenvalue weighted by molar-refractivity contribution is 7.92. The highest BCUT2D eigenvalue weighted by Gasteiger charge is 2.28. The molecule has 158 valence electrons. The van der Waals surface area contributed by atoms with Gasteiger partial charge >= 0.3 is 0 Å². The van der Waals surface area contributed by atoms with Gasteiger partial charge in [-0.25, -0.2) is 17.2 Å². The Kier molecular flexibility index (Phi) is 5.57. The molecule has 0 atom stereocenters. The van der Waals surface area contributed by atoms with Crippen LogP contribution in [-0.4, -0.2) is 24.5 Å². The molecule has 0 aliphatic rings. The summed E-state index contributed by atoms with van der Waals surface area (Å²) in [5.74, 6) is -2.18. The number of carbonyl (C=O) groups excluding carboxylic acids is 1. The van der Waals surface area contributed by atoms with Crippen molar-refractivity contribution in [3.05, 3.63) is 71.4 Å². The van der Waals surface area contributed by atoms with Crippen molar-refractivity contribution in [1.82, 2.24) is 15.5 Å². The van der Waals surface area contributed by atoms with Gasteiger partial charge in [0.1, 0.15) is 0 Å². The lowest BCUT2D eigenvalue weighted by Crippen LogP contribution is -2.41. The van der Waals surface area contributed by atoms with Gasteiger partial charge in [0, 0.05) is 18.2 Å². The summed E-state index contributed by atoms with van der Waals surface area (Å²) in [5.41, 5.74) is -0.495. The SMILES string of the molecule is Cc1nc(C(C)(C)NC(=O)c2ccc(NS(=O)(=O)c3ccc(F)c(F)c3)cc2)no1. The molecule has 0 aliphatic heterocycles. The third-order valence-electron chi connectivity index (χ3n) is 4.11. The molecule has 30 heavy (non-hydrogen) atoms. The molecule has 1 heterocycles. The number of anilines is 1. The summed E-state index contributed by atoms with van der Waals surface area (Å²) in [6.45, 7) is 5.05. The molecular formula is C19H18F2N4O4S. The Morgan fingerprint density at radius 1 is 1.07 bits per heavy atom. The molecule has 0 bridgehead atoms. The van der Waals surface area contributed by atoms with E-state index in [1.165, 1.54) is 24.3 Å². The minimum Gasteiger partial charge on any atom is -0.340 e. The number of benzene rings is 2. The van der Waals surface area contributed by atoms with E-state index in [9.17, 15) is 22.0 Å². The fourth-order valence-electron chi connectivity index (χ4n) is 2.51.